The number of anilines is 1. The Morgan fingerprint density at radius 1 is 1.17 bits per heavy atom. The molecule has 0 radical (unpaired) electrons. The molecule has 3 nitrogen and oxygen atoms in total. The monoisotopic (exact) mass is 193 g/mol. The lowest BCUT2D eigenvalue weighted by Gasteiger charge is -1.98. The van der Waals surface area contributed by atoms with Gasteiger partial charge in [-0.1, -0.05) is 3.89 Å². The van der Waals surface area contributed by atoms with Crippen LogP contribution in [-0.2, 0) is 10.4 Å². The molecule has 0 saturated heterocycles. The normalized spacial score (nSPS) is 11.2. The van der Waals surface area contributed by atoms with Crippen molar-refractivity contribution in [1.29, 1.82) is 0 Å². The maximum absolute atomic E-state index is 12.2. The fraction of sp³-hybridized carbons (Fsp3) is 0. The first-order valence-corrected chi connectivity index (χ1v) is 4.34. The van der Waals surface area contributed by atoms with E-state index in [1.807, 2.05) is 0 Å². The molecule has 0 aliphatic rings. The molecule has 0 heterocycles. The summed E-state index contributed by atoms with van der Waals surface area (Å²) >= 11 is 0. The van der Waals surface area contributed by atoms with Crippen LogP contribution >= 0.6 is 0 Å². The van der Waals surface area contributed by atoms with Crippen molar-refractivity contribution in [2.24, 2.45) is 0 Å². The van der Waals surface area contributed by atoms with Gasteiger partial charge < -0.3 is 0 Å². The number of benzene rings is 1. The number of nitrogens with one attached hydrogen (secondary N) is 1. The summed E-state index contributed by atoms with van der Waals surface area (Å²) in [6.45, 7) is 0. The van der Waals surface area contributed by atoms with Gasteiger partial charge in [0.05, 0.1) is 5.69 Å². The lowest BCUT2D eigenvalue weighted by atomic mass is 10.3. The van der Waals surface area contributed by atoms with E-state index in [0.29, 0.717) is 0 Å². The minimum Gasteiger partial charge on any atom is -0.257 e. The van der Waals surface area contributed by atoms with Crippen LogP contribution in [0.1, 0.15) is 0 Å². The average Bonchev–Trinajstić information content (AvgIpc) is 1.91. The van der Waals surface area contributed by atoms with Gasteiger partial charge in [0.15, 0.2) is 0 Å². The van der Waals surface area contributed by atoms with Crippen LogP contribution in [0.15, 0.2) is 24.3 Å². The molecule has 12 heavy (non-hydrogen) atoms. The van der Waals surface area contributed by atoms with Crippen molar-refractivity contribution in [2.45, 2.75) is 0 Å². The van der Waals surface area contributed by atoms with Gasteiger partial charge in [-0.15, -0.1) is 0 Å². The highest BCUT2D eigenvalue weighted by Gasteiger charge is 2.05. The Morgan fingerprint density at radius 2 is 1.67 bits per heavy atom. The highest BCUT2D eigenvalue weighted by atomic mass is 32.3. The lowest BCUT2D eigenvalue weighted by molar-refractivity contribution is 0.558. The molecule has 0 aromatic heterocycles. The minimum absolute atomic E-state index is 0.0149. The summed E-state index contributed by atoms with van der Waals surface area (Å²) in [5, 5.41) is 0. The van der Waals surface area contributed by atoms with Crippen LogP contribution in [0.4, 0.5) is 14.0 Å². The Labute approximate surface area is 68.4 Å². The quantitative estimate of drug-likeness (QED) is 0.722. The molecule has 0 unspecified atom stereocenters. The highest BCUT2D eigenvalue weighted by Crippen LogP contribution is 2.10. The Hall–Kier alpha value is -1.17. The summed E-state index contributed by atoms with van der Waals surface area (Å²) in [7, 11) is -4.76. The van der Waals surface area contributed by atoms with Crippen molar-refractivity contribution < 1.29 is 16.7 Å². The van der Waals surface area contributed by atoms with Crippen molar-refractivity contribution in [2.75, 3.05) is 4.72 Å². The topological polar surface area (TPSA) is 46.2 Å². The van der Waals surface area contributed by atoms with Crippen molar-refractivity contribution in [3.05, 3.63) is 30.1 Å². The van der Waals surface area contributed by atoms with E-state index in [-0.39, 0.29) is 5.69 Å². The number of hydrogen-bond acceptors (Lipinski definition) is 2. The Kier molecular flexibility index (Phi) is 2.27. The van der Waals surface area contributed by atoms with Crippen LogP contribution in [0.2, 0.25) is 0 Å². The van der Waals surface area contributed by atoms with E-state index in [1.54, 1.807) is 4.72 Å². The first-order valence-electron chi connectivity index (χ1n) is 2.95. The Bertz CT molecular complexity index is 360. The van der Waals surface area contributed by atoms with E-state index in [1.165, 1.54) is 0 Å². The van der Waals surface area contributed by atoms with Crippen LogP contribution in [0, 0.1) is 5.82 Å². The van der Waals surface area contributed by atoms with Gasteiger partial charge in [0, 0.05) is 0 Å². The molecule has 0 fully saturated rings. The summed E-state index contributed by atoms with van der Waals surface area (Å²) < 4.78 is 45.8. The van der Waals surface area contributed by atoms with Crippen molar-refractivity contribution >= 4 is 16.1 Å². The molecule has 0 amide bonds. The maximum atomic E-state index is 12.2. The fourth-order valence-corrected chi connectivity index (χ4v) is 1.08. The molecule has 66 valence electrons. The second kappa shape index (κ2) is 3.06. The largest absolute Gasteiger partial charge is 0.396 e. The fourth-order valence-electron chi connectivity index (χ4n) is 0.659. The molecule has 0 bridgehead atoms. The summed E-state index contributed by atoms with van der Waals surface area (Å²) in [6, 6.07) is 4.28. The number of halogens is 2. The molecule has 0 aliphatic carbocycles. The van der Waals surface area contributed by atoms with Crippen LogP contribution < -0.4 is 4.72 Å². The molecule has 1 rings (SSSR count). The zero-order valence-corrected chi connectivity index (χ0v) is 6.61. The first kappa shape index (κ1) is 8.92. The maximum Gasteiger partial charge on any atom is 0.396 e. The van der Waals surface area contributed by atoms with Gasteiger partial charge >= 0.3 is 10.4 Å². The second-order valence-corrected chi connectivity index (χ2v) is 3.13. The molecule has 1 aromatic rings. The molecule has 1 N–H and O–H groups in total. The molecule has 0 spiro atoms. The minimum atomic E-state index is -4.76. The predicted octanol–water partition coefficient (Wildman–Crippen LogP) is 1.45. The van der Waals surface area contributed by atoms with Gasteiger partial charge in [-0.2, -0.15) is 8.42 Å². The SMILES string of the molecule is O=S(=O)(F)Nc1ccc(F)cc1. The third kappa shape index (κ3) is 2.83. The summed E-state index contributed by atoms with van der Waals surface area (Å²) in [4.78, 5) is 0. The van der Waals surface area contributed by atoms with E-state index in [4.69, 9.17) is 0 Å². The van der Waals surface area contributed by atoms with Crippen molar-refractivity contribution in [3.8, 4) is 0 Å². The van der Waals surface area contributed by atoms with Gasteiger partial charge in [0.1, 0.15) is 5.82 Å². The smallest absolute Gasteiger partial charge is 0.257 e. The number of rotatable bonds is 2. The summed E-state index contributed by atoms with van der Waals surface area (Å²) in [5.74, 6) is -0.517. The van der Waals surface area contributed by atoms with Gasteiger partial charge in [-0.3, -0.25) is 4.72 Å². The zero-order chi connectivity index (χ0) is 9.19. The first-order chi connectivity index (χ1) is 5.47. The summed E-state index contributed by atoms with van der Waals surface area (Å²) in [5.41, 5.74) is -0.0149. The van der Waals surface area contributed by atoms with Crippen molar-refractivity contribution in [3.63, 3.8) is 0 Å². The van der Waals surface area contributed by atoms with Crippen LogP contribution in [-0.4, -0.2) is 8.42 Å². The van der Waals surface area contributed by atoms with Crippen LogP contribution in [0.5, 0.6) is 0 Å². The summed E-state index contributed by atoms with van der Waals surface area (Å²) in [6.07, 6.45) is 0. The molecule has 6 heteroatoms. The third-order valence-corrected chi connectivity index (χ3v) is 1.56. The zero-order valence-electron chi connectivity index (χ0n) is 5.79. The predicted molar refractivity (Wildman–Crippen MR) is 40.1 cm³/mol. The van der Waals surface area contributed by atoms with E-state index >= 15 is 0 Å². The molecule has 1 aromatic carbocycles. The Morgan fingerprint density at radius 3 is 2.08 bits per heavy atom. The van der Waals surface area contributed by atoms with E-state index in [2.05, 4.69) is 0 Å². The van der Waals surface area contributed by atoms with E-state index in [0.717, 1.165) is 24.3 Å². The van der Waals surface area contributed by atoms with Gasteiger partial charge in [-0.25, -0.2) is 4.39 Å². The third-order valence-electron chi connectivity index (χ3n) is 1.08. The second-order valence-electron chi connectivity index (χ2n) is 2.05. The molecule has 0 saturated carbocycles. The van der Waals surface area contributed by atoms with Crippen LogP contribution in [0.3, 0.4) is 0 Å². The lowest BCUT2D eigenvalue weighted by Crippen LogP contribution is -2.04. The molecule has 0 aliphatic heterocycles. The van der Waals surface area contributed by atoms with Gasteiger partial charge in [-0.05, 0) is 24.3 Å². The van der Waals surface area contributed by atoms with Crippen LogP contribution in [0.25, 0.3) is 0 Å². The van der Waals surface area contributed by atoms with Gasteiger partial charge in [0.2, 0.25) is 0 Å². The van der Waals surface area contributed by atoms with Gasteiger partial charge in [0.25, 0.3) is 0 Å². The van der Waals surface area contributed by atoms with E-state index in [9.17, 15) is 16.7 Å². The molecular weight excluding hydrogens is 188 g/mol. The highest BCUT2D eigenvalue weighted by molar-refractivity contribution is 7.87. The Balaban J connectivity index is 2.85. The standard InChI is InChI=1S/C6H5F2NO2S/c7-5-1-3-6(4-2-5)9-12(8,10)11/h1-4,9H. The number of hydrogen-bond donors (Lipinski definition) is 1. The molecule has 0 atom stereocenters. The average molecular weight is 193 g/mol. The van der Waals surface area contributed by atoms with Crippen molar-refractivity contribution in [1.82, 2.24) is 0 Å². The van der Waals surface area contributed by atoms with E-state index < -0.39 is 16.2 Å². The molecular formula is C6H5F2NO2S.